The topological polar surface area (TPSA) is 75.4 Å². The molecular formula is C18H15ClN2O3. The van der Waals surface area contributed by atoms with E-state index in [0.29, 0.717) is 10.6 Å². The van der Waals surface area contributed by atoms with E-state index in [1.54, 1.807) is 0 Å². The van der Waals surface area contributed by atoms with Crippen molar-refractivity contribution in [2.75, 3.05) is 5.32 Å². The van der Waals surface area contributed by atoms with Crippen LogP contribution in [-0.2, 0) is 0 Å². The minimum Gasteiger partial charge on any atom is -0.508 e. The number of fused-ring (bicyclic) bond motifs is 3. The van der Waals surface area contributed by atoms with Crippen LogP contribution in [0.1, 0.15) is 29.5 Å². The van der Waals surface area contributed by atoms with Crippen molar-refractivity contribution in [1.29, 1.82) is 0 Å². The van der Waals surface area contributed by atoms with Crippen LogP contribution in [0.25, 0.3) is 0 Å². The van der Waals surface area contributed by atoms with Crippen LogP contribution < -0.4 is 5.32 Å². The fraction of sp³-hybridized carbons (Fsp3) is 0.222. The highest BCUT2D eigenvalue weighted by Gasteiger charge is 2.39. The van der Waals surface area contributed by atoms with E-state index in [1.807, 2.05) is 18.2 Å². The quantitative estimate of drug-likeness (QED) is 0.468. The molecule has 3 unspecified atom stereocenters. The summed E-state index contributed by atoms with van der Waals surface area (Å²) in [6.45, 7) is 0. The van der Waals surface area contributed by atoms with Crippen LogP contribution >= 0.6 is 11.6 Å². The summed E-state index contributed by atoms with van der Waals surface area (Å²) < 4.78 is 0. The third kappa shape index (κ3) is 2.32. The monoisotopic (exact) mass is 342 g/mol. The van der Waals surface area contributed by atoms with Gasteiger partial charge in [0.2, 0.25) is 0 Å². The predicted molar refractivity (Wildman–Crippen MR) is 92.6 cm³/mol. The second-order valence-electron chi connectivity index (χ2n) is 6.21. The number of nitro groups is 1. The van der Waals surface area contributed by atoms with Gasteiger partial charge in [-0.05, 0) is 42.2 Å². The number of non-ortho nitro benzene ring substituents is 1. The Bertz CT molecular complexity index is 865. The molecule has 5 nitrogen and oxygen atoms in total. The molecule has 2 aromatic rings. The second-order valence-corrected chi connectivity index (χ2v) is 6.64. The van der Waals surface area contributed by atoms with Gasteiger partial charge in [0.25, 0.3) is 5.69 Å². The van der Waals surface area contributed by atoms with E-state index in [0.717, 1.165) is 17.7 Å². The number of phenolic OH excluding ortho intramolecular Hbond substituents is 1. The van der Waals surface area contributed by atoms with Crippen molar-refractivity contribution in [3.05, 3.63) is 74.8 Å². The molecule has 4 rings (SSSR count). The Hall–Kier alpha value is -2.53. The molecule has 0 aromatic heterocycles. The largest absolute Gasteiger partial charge is 0.508 e. The van der Waals surface area contributed by atoms with E-state index < -0.39 is 4.92 Å². The van der Waals surface area contributed by atoms with Gasteiger partial charge in [0.05, 0.1) is 11.0 Å². The molecule has 2 N–H and O–H groups in total. The molecule has 0 bridgehead atoms. The molecule has 6 heteroatoms. The van der Waals surface area contributed by atoms with Crippen molar-refractivity contribution in [3.8, 4) is 5.75 Å². The Balaban J connectivity index is 1.81. The number of nitrogens with zero attached hydrogens (tertiary/aromatic N) is 1. The Morgan fingerprint density at radius 2 is 2.04 bits per heavy atom. The second kappa shape index (κ2) is 5.53. The van der Waals surface area contributed by atoms with Gasteiger partial charge in [-0.1, -0.05) is 23.8 Å². The summed E-state index contributed by atoms with van der Waals surface area (Å²) in [6, 6.07) is 9.67. The van der Waals surface area contributed by atoms with Crippen molar-refractivity contribution in [1.82, 2.24) is 0 Å². The maximum absolute atomic E-state index is 11.1. The van der Waals surface area contributed by atoms with Gasteiger partial charge in [0, 0.05) is 34.3 Å². The lowest BCUT2D eigenvalue weighted by Gasteiger charge is -2.37. The van der Waals surface area contributed by atoms with Crippen LogP contribution in [0.3, 0.4) is 0 Å². The van der Waals surface area contributed by atoms with Gasteiger partial charge in [-0.2, -0.15) is 0 Å². The lowest BCUT2D eigenvalue weighted by Crippen LogP contribution is -2.29. The molecule has 0 saturated heterocycles. The Labute approximate surface area is 143 Å². The minimum absolute atomic E-state index is 0.0194. The minimum atomic E-state index is -0.441. The Morgan fingerprint density at radius 1 is 1.21 bits per heavy atom. The van der Waals surface area contributed by atoms with Gasteiger partial charge < -0.3 is 10.4 Å². The number of hydrogen-bond acceptors (Lipinski definition) is 4. The van der Waals surface area contributed by atoms with Gasteiger partial charge in [0.15, 0.2) is 0 Å². The lowest BCUT2D eigenvalue weighted by molar-refractivity contribution is -0.385. The summed E-state index contributed by atoms with van der Waals surface area (Å²) in [5, 5.41) is 25.5. The maximum Gasteiger partial charge on any atom is 0.270 e. The Morgan fingerprint density at radius 3 is 2.83 bits per heavy atom. The molecule has 0 fully saturated rings. The molecule has 3 atom stereocenters. The summed E-state index contributed by atoms with van der Waals surface area (Å²) in [5.74, 6) is 0.439. The third-order valence-corrected chi connectivity index (χ3v) is 5.12. The summed E-state index contributed by atoms with van der Waals surface area (Å²) in [5.41, 5.74) is 2.61. The van der Waals surface area contributed by atoms with E-state index in [2.05, 4.69) is 17.5 Å². The van der Waals surface area contributed by atoms with E-state index in [1.165, 1.54) is 18.2 Å². The molecule has 1 aliphatic carbocycles. The highest BCUT2D eigenvalue weighted by Crippen LogP contribution is 2.51. The third-order valence-electron chi connectivity index (χ3n) is 4.88. The predicted octanol–water partition coefficient (Wildman–Crippen LogP) is 4.78. The first-order valence-corrected chi connectivity index (χ1v) is 8.12. The van der Waals surface area contributed by atoms with Crippen molar-refractivity contribution in [2.24, 2.45) is 5.92 Å². The molecule has 0 amide bonds. The normalized spacial score (nSPS) is 24.1. The van der Waals surface area contributed by atoms with Gasteiger partial charge in [0.1, 0.15) is 5.75 Å². The number of phenols is 1. The molecular weight excluding hydrogens is 328 g/mol. The van der Waals surface area contributed by atoms with Gasteiger partial charge in [-0.3, -0.25) is 10.1 Å². The number of benzene rings is 2. The van der Waals surface area contributed by atoms with Gasteiger partial charge in [-0.15, -0.1) is 0 Å². The molecule has 122 valence electrons. The SMILES string of the molecule is O=[N+]([O-])c1ccc(O)c(C2Nc3ccc(Cl)cc3C3C=CCC32)c1. The average molecular weight is 343 g/mol. The Kier molecular flexibility index (Phi) is 3.46. The molecule has 1 heterocycles. The fourth-order valence-corrected chi connectivity index (χ4v) is 3.96. The summed E-state index contributed by atoms with van der Waals surface area (Å²) in [7, 11) is 0. The highest BCUT2D eigenvalue weighted by molar-refractivity contribution is 6.30. The van der Waals surface area contributed by atoms with Crippen LogP contribution in [0.4, 0.5) is 11.4 Å². The average Bonchev–Trinajstić information content (AvgIpc) is 3.04. The zero-order valence-electron chi connectivity index (χ0n) is 12.6. The summed E-state index contributed by atoms with van der Waals surface area (Å²) >= 11 is 6.13. The number of nitrogens with one attached hydrogen (secondary N) is 1. The van der Waals surface area contributed by atoms with Gasteiger partial charge >= 0.3 is 0 Å². The van der Waals surface area contributed by atoms with E-state index in [-0.39, 0.29) is 29.3 Å². The van der Waals surface area contributed by atoms with Crippen LogP contribution in [0, 0.1) is 16.0 Å². The molecule has 1 aliphatic heterocycles. The van der Waals surface area contributed by atoms with E-state index >= 15 is 0 Å². The molecule has 0 spiro atoms. The van der Waals surface area contributed by atoms with Crippen LogP contribution in [-0.4, -0.2) is 10.0 Å². The summed E-state index contributed by atoms with van der Waals surface area (Å²) in [6.07, 6.45) is 5.12. The number of aromatic hydroxyl groups is 1. The number of halogens is 1. The van der Waals surface area contributed by atoms with E-state index in [9.17, 15) is 15.2 Å². The first-order valence-electron chi connectivity index (χ1n) is 7.74. The number of rotatable bonds is 2. The zero-order chi connectivity index (χ0) is 16.8. The smallest absolute Gasteiger partial charge is 0.270 e. The van der Waals surface area contributed by atoms with Crippen LogP contribution in [0.5, 0.6) is 5.75 Å². The fourth-order valence-electron chi connectivity index (χ4n) is 3.78. The number of hydrogen-bond donors (Lipinski definition) is 2. The molecule has 0 saturated carbocycles. The van der Waals surface area contributed by atoms with Crippen molar-refractivity contribution in [2.45, 2.75) is 18.4 Å². The zero-order valence-corrected chi connectivity index (χ0v) is 13.4. The molecule has 0 radical (unpaired) electrons. The first kappa shape index (κ1) is 15.0. The first-order chi connectivity index (χ1) is 11.5. The lowest BCUT2D eigenvalue weighted by atomic mass is 9.77. The molecule has 2 aromatic carbocycles. The van der Waals surface area contributed by atoms with Crippen molar-refractivity contribution < 1.29 is 10.0 Å². The molecule has 2 aliphatic rings. The number of allylic oxidation sites excluding steroid dienone is 2. The van der Waals surface area contributed by atoms with Crippen LogP contribution in [0.2, 0.25) is 5.02 Å². The number of anilines is 1. The van der Waals surface area contributed by atoms with Crippen LogP contribution in [0.15, 0.2) is 48.6 Å². The van der Waals surface area contributed by atoms with Crippen molar-refractivity contribution >= 4 is 23.0 Å². The highest BCUT2D eigenvalue weighted by atomic mass is 35.5. The van der Waals surface area contributed by atoms with Crippen molar-refractivity contribution in [3.63, 3.8) is 0 Å². The van der Waals surface area contributed by atoms with Gasteiger partial charge in [-0.25, -0.2) is 0 Å². The standard InChI is InChI=1S/C18H15ClN2O3/c19-10-4-6-16-14(8-10)12-2-1-3-13(12)18(20-16)15-9-11(21(23)24)5-7-17(15)22/h1-2,4-9,12-13,18,20,22H,3H2. The maximum atomic E-state index is 11.1. The number of nitro benzene ring substituents is 1. The summed E-state index contributed by atoms with van der Waals surface area (Å²) in [4.78, 5) is 10.6. The van der Waals surface area contributed by atoms with E-state index in [4.69, 9.17) is 11.6 Å². The molecule has 24 heavy (non-hydrogen) atoms.